The molecule has 3 aromatic heterocycles. The average molecular weight is 365 g/mol. The zero-order valence-corrected chi connectivity index (χ0v) is 15.0. The van der Waals surface area contributed by atoms with Crippen LogP contribution in [0.2, 0.25) is 0 Å². The van der Waals surface area contributed by atoms with Gasteiger partial charge in [0, 0.05) is 37.0 Å². The Balaban J connectivity index is 1.64. The second kappa shape index (κ2) is 7.63. The highest BCUT2D eigenvalue weighted by molar-refractivity contribution is 5.87. The summed E-state index contributed by atoms with van der Waals surface area (Å²) in [6, 6.07) is 3.83. The van der Waals surface area contributed by atoms with Crippen LogP contribution < -0.4 is 4.90 Å². The Labute approximate surface area is 155 Å². The summed E-state index contributed by atoms with van der Waals surface area (Å²) in [5.41, 5.74) is 2.77. The number of morpholine rings is 1. The molecule has 8 nitrogen and oxygen atoms in total. The first-order valence-electron chi connectivity index (χ1n) is 8.77. The first kappa shape index (κ1) is 17.3. The van der Waals surface area contributed by atoms with Gasteiger partial charge in [0.2, 0.25) is 11.2 Å². The van der Waals surface area contributed by atoms with Crippen LogP contribution in [0.25, 0.3) is 22.6 Å². The number of anilines is 1. The van der Waals surface area contributed by atoms with E-state index < -0.39 is 0 Å². The van der Waals surface area contributed by atoms with Gasteiger partial charge in [0.05, 0.1) is 13.2 Å². The molecule has 3 aromatic rings. The summed E-state index contributed by atoms with van der Waals surface area (Å²) in [6.07, 6.45) is 7.07. The van der Waals surface area contributed by atoms with Crippen LogP contribution in [0.4, 0.5) is 5.82 Å². The minimum absolute atomic E-state index is 0.0246. The third-order valence-electron chi connectivity index (χ3n) is 4.25. The lowest BCUT2D eigenvalue weighted by Gasteiger charge is -2.27. The molecule has 1 aliphatic heterocycles. The van der Waals surface area contributed by atoms with E-state index in [9.17, 15) is 4.79 Å². The van der Waals surface area contributed by atoms with Gasteiger partial charge in [-0.1, -0.05) is 6.08 Å². The van der Waals surface area contributed by atoms with E-state index in [0.29, 0.717) is 36.7 Å². The molecule has 1 aliphatic rings. The standard InChI is InChI=1S/C19H19N5O3/c1-13(25)3-2-4-15-6-5-14(11-20-15)17-22-18-16(27-12-21-18)19(23-17)24-7-9-26-10-8-24/h2-3,5-6,11-12H,4,7-10H2,1H3/b3-2+. The van der Waals surface area contributed by atoms with Gasteiger partial charge in [-0.2, -0.15) is 4.98 Å². The van der Waals surface area contributed by atoms with E-state index in [2.05, 4.69) is 19.9 Å². The van der Waals surface area contributed by atoms with Crippen LogP contribution in [0.15, 0.2) is 41.3 Å². The van der Waals surface area contributed by atoms with Crippen molar-refractivity contribution in [1.82, 2.24) is 19.9 Å². The number of oxazole rings is 1. The van der Waals surface area contributed by atoms with E-state index in [1.54, 1.807) is 18.3 Å². The normalized spacial score (nSPS) is 14.9. The summed E-state index contributed by atoms with van der Waals surface area (Å²) >= 11 is 0. The van der Waals surface area contributed by atoms with Gasteiger partial charge in [-0.25, -0.2) is 9.97 Å². The number of nitrogens with zero attached hydrogens (tertiary/aromatic N) is 5. The first-order chi connectivity index (χ1) is 13.2. The number of aromatic nitrogens is 4. The third kappa shape index (κ3) is 3.85. The van der Waals surface area contributed by atoms with Crippen LogP contribution in [0, 0.1) is 0 Å². The average Bonchev–Trinajstić information content (AvgIpc) is 3.17. The number of allylic oxidation sites excluding steroid dienone is 2. The van der Waals surface area contributed by atoms with Crippen LogP contribution in [-0.4, -0.2) is 52.0 Å². The minimum Gasteiger partial charge on any atom is -0.438 e. The van der Waals surface area contributed by atoms with Crippen molar-refractivity contribution in [3.63, 3.8) is 0 Å². The molecule has 0 aliphatic carbocycles. The Kier molecular flexibility index (Phi) is 4.88. The van der Waals surface area contributed by atoms with E-state index in [0.717, 1.165) is 30.2 Å². The summed E-state index contributed by atoms with van der Waals surface area (Å²) in [6.45, 7) is 4.31. The van der Waals surface area contributed by atoms with Crippen molar-refractivity contribution in [2.75, 3.05) is 31.2 Å². The maximum Gasteiger partial charge on any atom is 0.215 e. The minimum atomic E-state index is 0.0246. The Hall–Kier alpha value is -3.13. The lowest BCUT2D eigenvalue weighted by atomic mass is 10.2. The van der Waals surface area contributed by atoms with Gasteiger partial charge in [-0.15, -0.1) is 0 Å². The zero-order chi connectivity index (χ0) is 18.6. The number of hydrogen-bond donors (Lipinski definition) is 0. The predicted molar refractivity (Wildman–Crippen MR) is 99.4 cm³/mol. The van der Waals surface area contributed by atoms with Crippen LogP contribution in [0.5, 0.6) is 0 Å². The summed E-state index contributed by atoms with van der Waals surface area (Å²) in [4.78, 5) is 30.9. The largest absolute Gasteiger partial charge is 0.438 e. The van der Waals surface area contributed by atoms with E-state index >= 15 is 0 Å². The van der Waals surface area contributed by atoms with Gasteiger partial charge in [0.1, 0.15) is 0 Å². The van der Waals surface area contributed by atoms with Crippen LogP contribution in [0.1, 0.15) is 12.6 Å². The quantitative estimate of drug-likeness (QED) is 0.635. The Morgan fingerprint density at radius 2 is 2.07 bits per heavy atom. The van der Waals surface area contributed by atoms with Crippen molar-refractivity contribution >= 4 is 22.8 Å². The van der Waals surface area contributed by atoms with Crippen molar-refractivity contribution in [3.05, 3.63) is 42.6 Å². The molecule has 0 aromatic carbocycles. The van der Waals surface area contributed by atoms with Crippen LogP contribution >= 0.6 is 0 Å². The molecular weight excluding hydrogens is 346 g/mol. The highest BCUT2D eigenvalue weighted by Crippen LogP contribution is 2.27. The highest BCUT2D eigenvalue weighted by atomic mass is 16.5. The number of ether oxygens (including phenoxy) is 1. The summed E-state index contributed by atoms with van der Waals surface area (Å²) in [7, 11) is 0. The molecule has 0 spiro atoms. The molecule has 27 heavy (non-hydrogen) atoms. The molecule has 0 bridgehead atoms. The summed E-state index contributed by atoms with van der Waals surface area (Å²) in [5.74, 6) is 1.30. The molecular formula is C19H19N5O3. The van der Waals surface area contributed by atoms with E-state index in [4.69, 9.17) is 14.1 Å². The van der Waals surface area contributed by atoms with Gasteiger partial charge < -0.3 is 14.1 Å². The van der Waals surface area contributed by atoms with Crippen molar-refractivity contribution in [2.45, 2.75) is 13.3 Å². The number of carbonyl (C=O) groups excluding carboxylic acids is 1. The molecule has 1 fully saturated rings. The fourth-order valence-corrected chi connectivity index (χ4v) is 2.89. The number of fused-ring (bicyclic) bond motifs is 1. The lowest BCUT2D eigenvalue weighted by Crippen LogP contribution is -2.37. The fraction of sp³-hybridized carbons (Fsp3) is 0.316. The molecule has 4 rings (SSSR count). The van der Waals surface area contributed by atoms with Gasteiger partial charge in [-0.3, -0.25) is 9.78 Å². The number of pyridine rings is 1. The Morgan fingerprint density at radius 3 is 2.81 bits per heavy atom. The maximum atomic E-state index is 11.0. The second-order valence-corrected chi connectivity index (χ2v) is 6.23. The van der Waals surface area contributed by atoms with E-state index in [1.165, 1.54) is 13.3 Å². The molecule has 0 N–H and O–H groups in total. The lowest BCUT2D eigenvalue weighted by molar-refractivity contribution is -0.112. The molecule has 0 saturated carbocycles. The van der Waals surface area contributed by atoms with Crippen molar-refractivity contribution in [2.24, 2.45) is 0 Å². The van der Waals surface area contributed by atoms with E-state index in [1.807, 2.05) is 12.1 Å². The molecule has 0 unspecified atom stereocenters. The van der Waals surface area contributed by atoms with Crippen LogP contribution in [-0.2, 0) is 16.0 Å². The summed E-state index contributed by atoms with van der Waals surface area (Å²) in [5, 5.41) is 0. The SMILES string of the molecule is CC(=O)/C=C/Cc1ccc(-c2nc(N3CCOCC3)c3ocnc3n2)cn1. The summed E-state index contributed by atoms with van der Waals surface area (Å²) < 4.78 is 10.9. The molecule has 0 radical (unpaired) electrons. The highest BCUT2D eigenvalue weighted by Gasteiger charge is 2.20. The van der Waals surface area contributed by atoms with Crippen molar-refractivity contribution < 1.29 is 13.9 Å². The van der Waals surface area contributed by atoms with Gasteiger partial charge >= 0.3 is 0 Å². The van der Waals surface area contributed by atoms with Crippen LogP contribution in [0.3, 0.4) is 0 Å². The van der Waals surface area contributed by atoms with Gasteiger partial charge in [-0.05, 0) is 25.1 Å². The van der Waals surface area contributed by atoms with Gasteiger partial charge in [0.15, 0.2) is 23.8 Å². The third-order valence-corrected chi connectivity index (χ3v) is 4.25. The fourth-order valence-electron chi connectivity index (χ4n) is 2.89. The number of rotatable bonds is 5. The maximum absolute atomic E-state index is 11.0. The Morgan fingerprint density at radius 1 is 1.22 bits per heavy atom. The van der Waals surface area contributed by atoms with Crippen molar-refractivity contribution in [3.8, 4) is 11.4 Å². The predicted octanol–water partition coefficient (Wildman–Crippen LogP) is 2.20. The molecule has 4 heterocycles. The van der Waals surface area contributed by atoms with Crippen molar-refractivity contribution in [1.29, 1.82) is 0 Å². The van der Waals surface area contributed by atoms with Gasteiger partial charge in [0.25, 0.3) is 0 Å². The number of ketones is 1. The monoisotopic (exact) mass is 365 g/mol. The molecule has 0 atom stereocenters. The molecule has 8 heteroatoms. The number of carbonyl (C=O) groups is 1. The molecule has 0 amide bonds. The first-order valence-corrected chi connectivity index (χ1v) is 8.77. The van der Waals surface area contributed by atoms with E-state index in [-0.39, 0.29) is 5.78 Å². The number of hydrogen-bond acceptors (Lipinski definition) is 8. The zero-order valence-electron chi connectivity index (χ0n) is 15.0. The topological polar surface area (TPSA) is 94.2 Å². The second-order valence-electron chi connectivity index (χ2n) is 6.23. The Bertz CT molecular complexity index is 975. The molecule has 138 valence electrons. The molecule has 1 saturated heterocycles. The smallest absolute Gasteiger partial charge is 0.215 e.